The Morgan fingerprint density at radius 2 is 0.636 bits per heavy atom. The molecule has 66 heavy (non-hydrogen) atoms. The quantitative estimate of drug-likeness (QED) is 0.0529. The molecule has 0 heterocycles. The predicted molar refractivity (Wildman–Crippen MR) is 202 cm³/mol. The van der Waals surface area contributed by atoms with Gasteiger partial charge in [0.2, 0.25) is 0 Å². The van der Waals surface area contributed by atoms with Gasteiger partial charge in [0.1, 0.15) is 69.9 Å². The van der Waals surface area contributed by atoms with Gasteiger partial charge < -0.3 is 5.11 Å². The molecular formula is C43H19BF20OS. The van der Waals surface area contributed by atoms with Crippen molar-refractivity contribution in [3.05, 3.63) is 194 Å². The number of phenolic OH excluding ortho intramolecular Hbond substituents is 1. The van der Waals surface area contributed by atoms with E-state index in [1.807, 2.05) is 12.1 Å². The van der Waals surface area contributed by atoms with E-state index in [4.69, 9.17) is 0 Å². The molecule has 1 atom stereocenters. The average Bonchev–Trinajstić information content (AvgIpc) is 3.30. The van der Waals surface area contributed by atoms with E-state index < -0.39 is 144 Å². The van der Waals surface area contributed by atoms with Crippen molar-refractivity contribution >= 4 is 49.7 Å². The molecule has 0 aliphatic carbocycles. The summed E-state index contributed by atoms with van der Waals surface area (Å²) in [7, 11) is 0.284. The van der Waals surface area contributed by atoms with Gasteiger partial charge in [-0.25, -0.2) is 87.8 Å². The Morgan fingerprint density at radius 1 is 0.348 bits per heavy atom. The molecule has 346 valence electrons. The Balaban J connectivity index is 0.000000284. The van der Waals surface area contributed by atoms with Crippen molar-refractivity contribution in [3.8, 4) is 5.75 Å². The van der Waals surface area contributed by atoms with Crippen molar-refractivity contribution in [2.24, 2.45) is 0 Å². The highest BCUT2D eigenvalue weighted by Gasteiger charge is 2.52. The fourth-order valence-electron chi connectivity index (χ4n) is 7.49. The summed E-state index contributed by atoms with van der Waals surface area (Å²) < 4.78 is 294. The second-order valence-corrected chi connectivity index (χ2v) is 16.3. The molecule has 0 radical (unpaired) electrons. The first-order chi connectivity index (χ1) is 30.9. The smallest absolute Gasteiger partial charge is 0.200 e. The van der Waals surface area contributed by atoms with Gasteiger partial charge in [0.15, 0.2) is 69.8 Å². The van der Waals surface area contributed by atoms with Crippen LogP contribution >= 0.6 is 0 Å². The van der Waals surface area contributed by atoms with Crippen LogP contribution in [0.15, 0.2) is 66.7 Å². The summed E-state index contributed by atoms with van der Waals surface area (Å²) >= 11 is 0. The largest absolute Gasteiger partial charge is 0.508 e. The molecule has 0 aliphatic heterocycles. The van der Waals surface area contributed by atoms with Crippen LogP contribution < -0.4 is 21.9 Å². The lowest BCUT2D eigenvalue weighted by atomic mass is 9.12. The topological polar surface area (TPSA) is 20.2 Å². The van der Waals surface area contributed by atoms with Gasteiger partial charge in [0.05, 0.1) is 6.26 Å². The average molecular weight is 974 g/mol. The van der Waals surface area contributed by atoms with Crippen molar-refractivity contribution in [3.63, 3.8) is 0 Å². The summed E-state index contributed by atoms with van der Waals surface area (Å²) in [5.41, 5.74) is -11.6. The number of hydrogen-bond acceptors (Lipinski definition) is 1. The van der Waals surface area contributed by atoms with Gasteiger partial charge in [0.25, 0.3) is 0 Å². The van der Waals surface area contributed by atoms with Crippen molar-refractivity contribution in [1.29, 1.82) is 0 Å². The lowest BCUT2D eigenvalue weighted by molar-refractivity contribution is 0.378. The van der Waals surface area contributed by atoms with Gasteiger partial charge in [0, 0.05) is 11.1 Å². The highest BCUT2D eigenvalue weighted by Crippen LogP contribution is 2.31. The maximum atomic E-state index is 15.4. The third-order valence-corrected chi connectivity index (χ3v) is 12.0. The van der Waals surface area contributed by atoms with E-state index in [2.05, 4.69) is 48.7 Å². The van der Waals surface area contributed by atoms with Crippen LogP contribution in [0.1, 0.15) is 11.1 Å². The molecule has 1 N–H and O–H groups in total. The summed E-state index contributed by atoms with van der Waals surface area (Å²) in [6.45, 7) is 0. The van der Waals surface area contributed by atoms with Crippen LogP contribution in [0, 0.1) is 116 Å². The Morgan fingerprint density at radius 3 is 0.970 bits per heavy atom. The highest BCUT2D eigenvalue weighted by atomic mass is 32.2. The molecule has 23 heteroatoms. The Hall–Kier alpha value is -6.39. The number of hydrogen-bond donors (Lipinski definition) is 1. The number of benzene rings is 7. The number of aromatic hydroxyl groups is 1. The lowest BCUT2D eigenvalue weighted by Crippen LogP contribution is -2.81. The molecule has 0 saturated carbocycles. The van der Waals surface area contributed by atoms with Crippen LogP contribution in [-0.4, -0.2) is 17.5 Å². The van der Waals surface area contributed by atoms with Crippen molar-refractivity contribution in [2.75, 3.05) is 6.26 Å². The molecular weight excluding hydrogens is 955 g/mol. The van der Waals surface area contributed by atoms with Crippen LogP contribution in [0.2, 0.25) is 0 Å². The lowest BCUT2D eigenvalue weighted by Gasteiger charge is -2.44. The maximum Gasteiger partial charge on any atom is 0.200 e. The van der Waals surface area contributed by atoms with Crippen molar-refractivity contribution in [1.82, 2.24) is 0 Å². The first-order valence-corrected chi connectivity index (χ1v) is 20.0. The Kier molecular flexibility index (Phi) is 13.7. The predicted octanol–water partition coefficient (Wildman–Crippen LogP) is 10.3. The molecule has 1 nitrogen and oxygen atoms in total. The third kappa shape index (κ3) is 7.93. The highest BCUT2D eigenvalue weighted by molar-refractivity contribution is 7.94. The fraction of sp³-hybridized carbons (Fsp3) is 0.0698. The molecule has 0 aliphatic rings. The minimum atomic E-state index is -7.22. The molecule has 7 rings (SSSR count). The summed E-state index contributed by atoms with van der Waals surface area (Å²) in [6.07, 6.45) is -4.90. The van der Waals surface area contributed by atoms with E-state index in [9.17, 15) is 57.8 Å². The number of rotatable bonds is 8. The van der Waals surface area contributed by atoms with Crippen LogP contribution in [-0.2, 0) is 22.4 Å². The molecule has 0 bridgehead atoms. The van der Waals surface area contributed by atoms with E-state index in [-0.39, 0.29) is 10.9 Å². The second kappa shape index (κ2) is 18.5. The molecule has 7 aromatic rings. The van der Waals surface area contributed by atoms with Crippen molar-refractivity contribution in [2.45, 2.75) is 11.5 Å². The van der Waals surface area contributed by atoms with Crippen molar-refractivity contribution < 1.29 is 92.9 Å². The zero-order chi connectivity index (χ0) is 49.0. The number of phenols is 1. The zero-order valence-corrected chi connectivity index (χ0v) is 33.1. The van der Waals surface area contributed by atoms with E-state index in [1.54, 1.807) is 12.1 Å². The van der Waals surface area contributed by atoms with Crippen LogP contribution in [0.4, 0.5) is 87.8 Å². The molecule has 0 spiro atoms. The number of fused-ring (bicyclic) bond motifs is 1. The van der Waals surface area contributed by atoms with Gasteiger partial charge in [-0.05, 0) is 33.8 Å². The van der Waals surface area contributed by atoms with Crippen LogP contribution in [0.3, 0.4) is 0 Å². The molecule has 0 fully saturated rings. The van der Waals surface area contributed by atoms with E-state index >= 15 is 35.1 Å². The zero-order valence-electron chi connectivity index (χ0n) is 32.3. The standard InChI is InChI=1S/C24BF20.C19H18OS/c26-5-1(6(27)14(35)21(42)13(5)34)25(2-7(28)15(36)22(43)16(37)8(2)29,3-9(30)17(38)23(44)18(39)10(3)31)4-11(32)19(40)24(45)20(41)12(4)33;1-21(13-15-9-11-18(20)12-10-15)14-17-7-4-6-16-5-2-3-8-19(16)17/h;2-12H,13-14H2,1H3/q-1;/p+1. The summed E-state index contributed by atoms with van der Waals surface area (Å²) in [4.78, 5) is 0. The minimum Gasteiger partial charge on any atom is -0.508 e. The van der Waals surface area contributed by atoms with E-state index in [0.29, 0.717) is 5.75 Å². The summed E-state index contributed by atoms with van der Waals surface area (Å²) in [5.74, 6) is -68.9. The van der Waals surface area contributed by atoms with E-state index in [1.165, 1.54) is 21.9 Å². The Labute approximate surface area is 359 Å². The molecule has 7 aromatic carbocycles. The normalized spacial score (nSPS) is 12.1. The maximum absolute atomic E-state index is 15.4. The van der Waals surface area contributed by atoms with E-state index in [0.717, 1.165) is 11.5 Å². The Bertz CT molecular complexity index is 2690. The van der Waals surface area contributed by atoms with Gasteiger partial charge >= 0.3 is 0 Å². The first kappa shape index (κ1) is 49.1. The summed E-state index contributed by atoms with van der Waals surface area (Å²) in [5, 5.41) is 12.0. The molecule has 0 amide bonds. The first-order valence-electron chi connectivity index (χ1n) is 18.0. The van der Waals surface area contributed by atoms with Gasteiger partial charge in [-0.2, -0.15) is 0 Å². The molecule has 0 saturated heterocycles. The summed E-state index contributed by atoms with van der Waals surface area (Å²) in [6, 6.07) is 22.7. The minimum absolute atomic E-state index is 0.284. The van der Waals surface area contributed by atoms with Crippen LogP contribution in [0.5, 0.6) is 5.75 Å². The number of halogens is 20. The second-order valence-electron chi connectivity index (χ2n) is 14.2. The van der Waals surface area contributed by atoms with Gasteiger partial charge in [-0.15, -0.1) is 21.9 Å². The van der Waals surface area contributed by atoms with Gasteiger partial charge in [-0.1, -0.05) is 54.6 Å². The monoisotopic (exact) mass is 974 g/mol. The molecule has 1 unspecified atom stereocenters. The SMILES string of the molecule is C[S+](Cc1ccc(O)cc1)Cc1cccc2ccccc12.Fc1c(F)c(F)c([B-](c2c(F)c(F)c(F)c(F)c2F)(c2c(F)c(F)c(F)c(F)c2F)c2c(F)c(F)c(F)c(F)c2F)c(F)c1F. The van der Waals surface area contributed by atoms with Crippen LogP contribution in [0.25, 0.3) is 10.8 Å². The molecule has 0 aromatic heterocycles. The van der Waals surface area contributed by atoms with Gasteiger partial charge in [-0.3, -0.25) is 0 Å². The fourth-order valence-corrected chi connectivity index (χ4v) is 9.13. The third-order valence-electron chi connectivity index (χ3n) is 10.3.